The van der Waals surface area contributed by atoms with Crippen LogP contribution in [0.2, 0.25) is 0 Å². The largest absolute Gasteiger partial charge is 0.416 e. The fraction of sp³-hybridized carbons (Fsp3) is 0.179. The molecule has 1 aliphatic carbocycles. The summed E-state index contributed by atoms with van der Waals surface area (Å²) < 4.78 is 44.0. The third-order valence-corrected chi connectivity index (χ3v) is 6.52. The van der Waals surface area contributed by atoms with Crippen molar-refractivity contribution in [3.63, 3.8) is 0 Å². The summed E-state index contributed by atoms with van der Waals surface area (Å²) in [6.45, 7) is 1.80. The molecule has 1 aromatic heterocycles. The first-order valence-electron chi connectivity index (χ1n) is 11.7. The first-order chi connectivity index (χ1) is 18.0. The Morgan fingerprint density at radius 1 is 0.974 bits per heavy atom. The van der Waals surface area contributed by atoms with Crippen LogP contribution in [0.1, 0.15) is 43.2 Å². The number of nitrogens with one attached hydrogen (secondary N) is 2. The highest BCUT2D eigenvalue weighted by Crippen LogP contribution is 2.34. The highest BCUT2D eigenvalue weighted by atomic mass is 19.4. The maximum atomic E-state index is 13.3. The number of nitrogens with zero attached hydrogens (tertiary/aromatic N) is 1. The van der Waals surface area contributed by atoms with Gasteiger partial charge in [0.15, 0.2) is 0 Å². The molecular weight excluding hydrogens is 497 g/mol. The quantitative estimate of drug-likeness (QED) is 0.317. The van der Waals surface area contributed by atoms with Gasteiger partial charge in [0.25, 0.3) is 11.8 Å². The predicted octanol–water partition coefficient (Wildman–Crippen LogP) is 5.10. The van der Waals surface area contributed by atoms with E-state index in [1.54, 1.807) is 37.3 Å². The summed E-state index contributed by atoms with van der Waals surface area (Å²) in [4.78, 5) is 25.7. The van der Waals surface area contributed by atoms with Crippen molar-refractivity contribution in [2.24, 2.45) is 5.73 Å². The third-order valence-electron chi connectivity index (χ3n) is 6.52. The van der Waals surface area contributed by atoms with Crippen LogP contribution in [0.5, 0.6) is 0 Å². The van der Waals surface area contributed by atoms with Gasteiger partial charge in [-0.2, -0.15) is 13.2 Å². The molecule has 0 bridgehead atoms. The van der Waals surface area contributed by atoms with Crippen molar-refractivity contribution in [1.29, 1.82) is 0 Å². The number of fused-ring (bicyclic) bond motifs is 1. The zero-order chi connectivity index (χ0) is 27.1. The van der Waals surface area contributed by atoms with Gasteiger partial charge in [-0.3, -0.25) is 9.59 Å². The molecule has 7 nitrogen and oxygen atoms in total. The lowest BCUT2D eigenvalue weighted by molar-refractivity contribution is -0.137. The van der Waals surface area contributed by atoms with E-state index in [2.05, 4.69) is 15.8 Å². The Kier molecular flexibility index (Phi) is 6.28. The van der Waals surface area contributed by atoms with E-state index in [4.69, 9.17) is 10.3 Å². The van der Waals surface area contributed by atoms with Crippen molar-refractivity contribution in [2.45, 2.75) is 31.6 Å². The van der Waals surface area contributed by atoms with Crippen molar-refractivity contribution in [1.82, 2.24) is 10.5 Å². The maximum Gasteiger partial charge on any atom is 0.416 e. The zero-order valence-electron chi connectivity index (χ0n) is 20.2. The van der Waals surface area contributed by atoms with Gasteiger partial charge < -0.3 is 20.9 Å². The lowest BCUT2D eigenvalue weighted by Crippen LogP contribution is -2.56. The summed E-state index contributed by atoms with van der Waals surface area (Å²) in [5.74, 6) is -0.818. The van der Waals surface area contributed by atoms with E-state index in [-0.39, 0.29) is 5.76 Å². The van der Waals surface area contributed by atoms with Gasteiger partial charge >= 0.3 is 6.18 Å². The molecule has 3 aromatic carbocycles. The highest BCUT2D eigenvalue weighted by molar-refractivity contribution is 6.09. The fourth-order valence-electron chi connectivity index (χ4n) is 4.76. The van der Waals surface area contributed by atoms with Crippen molar-refractivity contribution in [2.75, 3.05) is 5.32 Å². The van der Waals surface area contributed by atoms with Crippen LogP contribution in [-0.2, 0) is 19.0 Å². The van der Waals surface area contributed by atoms with Crippen LogP contribution in [0.3, 0.4) is 0 Å². The van der Waals surface area contributed by atoms with Crippen LogP contribution >= 0.6 is 0 Å². The standard InChI is InChI=1S/C28H23F3N4O3/c1-16-3-2-4-22(24(16)17-5-8-20(9-6-17)28(29,30)31)25(36)34-21-10-7-18-14-27(32,15-19(18)13-21)35-26(37)23-11-12-33-38-23/h2-13H,14-15,32H2,1H3,(H,34,36)(H,35,37)/t27-/m1/s1. The van der Waals surface area contributed by atoms with E-state index in [9.17, 15) is 22.8 Å². The number of aromatic nitrogens is 1. The van der Waals surface area contributed by atoms with Gasteiger partial charge in [0, 0.05) is 30.2 Å². The molecule has 4 N–H and O–H groups in total. The van der Waals surface area contributed by atoms with Gasteiger partial charge in [0.2, 0.25) is 5.76 Å². The molecule has 4 aromatic rings. The average Bonchev–Trinajstić information content (AvgIpc) is 3.51. The first kappa shape index (κ1) is 25.2. The van der Waals surface area contributed by atoms with E-state index in [1.165, 1.54) is 24.4 Å². The van der Waals surface area contributed by atoms with Crippen LogP contribution in [0, 0.1) is 6.92 Å². The lowest BCUT2D eigenvalue weighted by Gasteiger charge is -2.24. The smallest absolute Gasteiger partial charge is 0.351 e. The highest BCUT2D eigenvalue weighted by Gasteiger charge is 2.36. The minimum absolute atomic E-state index is 0.0562. The Hall–Kier alpha value is -4.44. The summed E-state index contributed by atoms with van der Waals surface area (Å²) in [6, 6.07) is 16.7. The van der Waals surface area contributed by atoms with Gasteiger partial charge in [0.05, 0.1) is 17.4 Å². The van der Waals surface area contributed by atoms with Crippen molar-refractivity contribution in [3.05, 3.63) is 107 Å². The topological polar surface area (TPSA) is 110 Å². The number of aryl methyl sites for hydroxylation is 1. The predicted molar refractivity (Wildman–Crippen MR) is 134 cm³/mol. The molecule has 0 spiro atoms. The van der Waals surface area contributed by atoms with Gasteiger partial charge in [-0.1, -0.05) is 35.5 Å². The van der Waals surface area contributed by atoms with Crippen LogP contribution in [0.15, 0.2) is 77.4 Å². The minimum atomic E-state index is -4.45. The number of amides is 2. The molecule has 0 saturated heterocycles. The van der Waals surface area contributed by atoms with Crippen LogP contribution in [0.4, 0.5) is 18.9 Å². The van der Waals surface area contributed by atoms with Gasteiger partial charge in [-0.05, 0) is 65.1 Å². The van der Waals surface area contributed by atoms with E-state index in [0.29, 0.717) is 35.2 Å². The molecule has 0 radical (unpaired) electrons. The van der Waals surface area contributed by atoms with E-state index in [1.807, 2.05) is 6.07 Å². The third kappa shape index (κ3) is 5.03. The number of carbonyl (C=O) groups is 2. The first-order valence-corrected chi connectivity index (χ1v) is 11.7. The molecule has 0 saturated carbocycles. The molecule has 0 aliphatic heterocycles. The summed E-state index contributed by atoms with van der Waals surface area (Å²) in [5, 5.41) is 9.19. The van der Waals surface area contributed by atoms with E-state index in [0.717, 1.165) is 28.8 Å². The van der Waals surface area contributed by atoms with E-state index < -0.39 is 29.2 Å². The number of nitrogens with two attached hydrogens (primary N) is 1. The lowest BCUT2D eigenvalue weighted by atomic mass is 9.93. The number of carbonyl (C=O) groups excluding carboxylic acids is 2. The Balaban J connectivity index is 1.35. The van der Waals surface area contributed by atoms with E-state index >= 15 is 0 Å². The molecule has 0 fully saturated rings. The van der Waals surface area contributed by atoms with Crippen LogP contribution in [0.25, 0.3) is 11.1 Å². The normalized spacial score (nSPS) is 16.7. The monoisotopic (exact) mass is 520 g/mol. The fourth-order valence-corrected chi connectivity index (χ4v) is 4.76. The molecule has 10 heteroatoms. The summed E-state index contributed by atoms with van der Waals surface area (Å²) in [5.41, 5.74) is 9.13. The Morgan fingerprint density at radius 2 is 1.71 bits per heavy atom. The number of alkyl halides is 3. The van der Waals surface area contributed by atoms with Crippen LogP contribution < -0.4 is 16.4 Å². The maximum absolute atomic E-state index is 13.3. The summed E-state index contributed by atoms with van der Waals surface area (Å²) >= 11 is 0. The second-order valence-electron chi connectivity index (χ2n) is 9.35. The molecular formula is C28H23F3N4O3. The molecule has 2 amide bonds. The minimum Gasteiger partial charge on any atom is -0.351 e. The number of benzene rings is 3. The van der Waals surface area contributed by atoms with Gasteiger partial charge in [0.1, 0.15) is 0 Å². The number of rotatable bonds is 5. The second kappa shape index (κ2) is 9.46. The second-order valence-corrected chi connectivity index (χ2v) is 9.35. The van der Waals surface area contributed by atoms with Crippen LogP contribution in [-0.4, -0.2) is 22.6 Å². The summed E-state index contributed by atoms with van der Waals surface area (Å²) in [6.07, 6.45) is -2.34. The zero-order valence-corrected chi connectivity index (χ0v) is 20.2. The molecule has 38 heavy (non-hydrogen) atoms. The number of halogens is 3. The Bertz CT molecular complexity index is 1520. The molecule has 0 unspecified atom stereocenters. The number of hydrogen-bond donors (Lipinski definition) is 3. The molecule has 1 atom stereocenters. The average molecular weight is 521 g/mol. The molecule has 1 aliphatic rings. The van der Waals surface area contributed by atoms with Crippen molar-refractivity contribution >= 4 is 17.5 Å². The molecule has 5 rings (SSSR count). The molecule has 194 valence electrons. The SMILES string of the molecule is Cc1cccc(C(=O)Nc2ccc3c(c2)C[C@](N)(NC(=O)c2ccno2)C3)c1-c1ccc(C(F)(F)F)cc1. The van der Waals surface area contributed by atoms with Crippen molar-refractivity contribution in [3.8, 4) is 11.1 Å². The Labute approximate surface area is 215 Å². The summed E-state index contributed by atoms with van der Waals surface area (Å²) in [7, 11) is 0. The number of anilines is 1. The number of hydrogen-bond acceptors (Lipinski definition) is 5. The van der Waals surface area contributed by atoms with Gasteiger partial charge in [-0.25, -0.2) is 0 Å². The Morgan fingerprint density at radius 3 is 2.39 bits per heavy atom. The van der Waals surface area contributed by atoms with Crippen molar-refractivity contribution < 1.29 is 27.3 Å². The van der Waals surface area contributed by atoms with Gasteiger partial charge in [-0.15, -0.1) is 0 Å². The molecule has 1 heterocycles.